The molecule has 1 heteroatoms. The quantitative estimate of drug-likeness (QED) is 0.146. The van der Waals surface area contributed by atoms with E-state index in [9.17, 15) is 0 Å². The number of rotatable bonds is 7. The van der Waals surface area contributed by atoms with Gasteiger partial charge in [-0.15, -0.1) is 0 Å². The Hall–Kier alpha value is -7.48. The molecule has 0 radical (unpaired) electrons. The van der Waals surface area contributed by atoms with Crippen LogP contribution in [0.1, 0.15) is 25.0 Å². The number of nitrogens with zero attached hydrogens (tertiary/aromatic N) is 1. The van der Waals surface area contributed by atoms with E-state index in [0.29, 0.717) is 0 Å². The van der Waals surface area contributed by atoms with Crippen molar-refractivity contribution >= 4 is 38.6 Å². The summed E-state index contributed by atoms with van der Waals surface area (Å²) in [5.41, 5.74) is 18.2. The zero-order chi connectivity index (χ0) is 40.2. The van der Waals surface area contributed by atoms with E-state index < -0.39 is 0 Å². The van der Waals surface area contributed by atoms with Gasteiger partial charge in [-0.2, -0.15) is 0 Å². The number of hydrogen-bond acceptors (Lipinski definition) is 1. The minimum Gasteiger partial charge on any atom is -0.309 e. The molecule has 0 saturated carbocycles. The third-order valence-electron chi connectivity index (χ3n) is 12.7. The van der Waals surface area contributed by atoms with Crippen LogP contribution in [0, 0.1) is 0 Å². The minimum absolute atomic E-state index is 0.0888. The standard InChI is InChI=1S/C59H43N/c1-59(2)53-35-16-15-32-52(53)57-48(33-18-36-54(57)59)42-25-17-26-44(38-42)60(56-39-43-24-9-10-28-46(43)49-29-12-13-30-50(49)56)55-37-19-34-47(41-22-7-4-8-23-41)58(55)51-31-14-11-27-45(51)40-20-5-3-6-21-40/h3-39H,1-2H3. The second kappa shape index (κ2) is 14.4. The molecule has 0 aromatic heterocycles. The third-order valence-corrected chi connectivity index (χ3v) is 12.7. The average Bonchev–Trinajstić information content (AvgIpc) is 3.55. The lowest BCUT2D eigenvalue weighted by Crippen LogP contribution is -2.14. The van der Waals surface area contributed by atoms with Crippen LogP contribution in [0.15, 0.2) is 224 Å². The van der Waals surface area contributed by atoms with E-state index in [-0.39, 0.29) is 5.41 Å². The highest BCUT2D eigenvalue weighted by Crippen LogP contribution is 2.54. The molecule has 1 nitrogen and oxygen atoms in total. The highest BCUT2D eigenvalue weighted by Gasteiger charge is 2.36. The molecule has 0 fully saturated rings. The van der Waals surface area contributed by atoms with Crippen molar-refractivity contribution in [3.8, 4) is 55.6 Å². The van der Waals surface area contributed by atoms with Gasteiger partial charge in [-0.1, -0.05) is 214 Å². The smallest absolute Gasteiger partial charge is 0.0546 e. The Kier molecular flexibility index (Phi) is 8.57. The van der Waals surface area contributed by atoms with Gasteiger partial charge in [0, 0.05) is 22.1 Å². The molecule has 1 aliphatic rings. The van der Waals surface area contributed by atoms with E-state index in [0.717, 1.165) is 17.1 Å². The molecule has 60 heavy (non-hydrogen) atoms. The molecule has 0 amide bonds. The van der Waals surface area contributed by atoms with Gasteiger partial charge in [-0.3, -0.25) is 0 Å². The second-order valence-corrected chi connectivity index (χ2v) is 16.4. The fraction of sp³-hybridized carbons (Fsp3) is 0.0508. The second-order valence-electron chi connectivity index (χ2n) is 16.4. The van der Waals surface area contributed by atoms with Gasteiger partial charge in [0.1, 0.15) is 0 Å². The highest BCUT2D eigenvalue weighted by atomic mass is 15.1. The maximum absolute atomic E-state index is 2.53. The SMILES string of the molecule is CC1(C)c2ccccc2-c2c(-c3cccc(N(c4cccc(-c5ccccc5)c4-c4ccccc4-c4ccccc4)c4cc5ccccc5c5ccccc45)c3)cccc21. The molecule has 0 unspecified atom stereocenters. The van der Waals surface area contributed by atoms with Gasteiger partial charge < -0.3 is 4.90 Å². The van der Waals surface area contributed by atoms with E-state index in [2.05, 4.69) is 243 Å². The molecule has 0 spiro atoms. The Labute approximate surface area is 352 Å². The first-order valence-electron chi connectivity index (χ1n) is 20.9. The van der Waals surface area contributed by atoms with E-state index in [4.69, 9.17) is 0 Å². The van der Waals surface area contributed by atoms with Crippen LogP contribution in [0.25, 0.3) is 77.2 Å². The molecule has 0 heterocycles. The molecule has 0 N–H and O–H groups in total. The predicted molar refractivity (Wildman–Crippen MR) is 255 cm³/mol. The summed E-state index contributed by atoms with van der Waals surface area (Å²) in [6, 6.07) is 82.6. The van der Waals surface area contributed by atoms with Crippen molar-refractivity contribution in [2.75, 3.05) is 4.90 Å². The van der Waals surface area contributed by atoms with Gasteiger partial charge in [0.05, 0.1) is 11.4 Å². The Balaban J connectivity index is 1.24. The maximum Gasteiger partial charge on any atom is 0.0546 e. The van der Waals surface area contributed by atoms with Gasteiger partial charge in [-0.25, -0.2) is 0 Å². The predicted octanol–water partition coefficient (Wildman–Crippen LogP) is 16.4. The van der Waals surface area contributed by atoms with Crippen molar-refractivity contribution in [3.05, 3.63) is 236 Å². The lowest BCUT2D eigenvalue weighted by atomic mass is 9.82. The minimum atomic E-state index is -0.0888. The van der Waals surface area contributed by atoms with Gasteiger partial charge in [-0.05, 0) is 102 Å². The van der Waals surface area contributed by atoms with Crippen LogP contribution < -0.4 is 4.90 Å². The van der Waals surface area contributed by atoms with Crippen LogP contribution in [-0.4, -0.2) is 0 Å². The molecule has 284 valence electrons. The first-order chi connectivity index (χ1) is 29.6. The van der Waals surface area contributed by atoms with Crippen molar-refractivity contribution in [1.82, 2.24) is 0 Å². The third kappa shape index (κ3) is 5.77. The maximum atomic E-state index is 2.53. The van der Waals surface area contributed by atoms with Crippen LogP contribution in [-0.2, 0) is 5.41 Å². The summed E-state index contributed by atoms with van der Waals surface area (Å²) in [6.07, 6.45) is 0. The van der Waals surface area contributed by atoms with Crippen LogP contribution in [0.5, 0.6) is 0 Å². The number of anilines is 3. The lowest BCUT2D eigenvalue weighted by molar-refractivity contribution is 0.660. The zero-order valence-corrected chi connectivity index (χ0v) is 33.8. The fourth-order valence-electron chi connectivity index (χ4n) is 9.87. The van der Waals surface area contributed by atoms with E-state index in [1.54, 1.807) is 0 Å². The van der Waals surface area contributed by atoms with Gasteiger partial charge in [0.15, 0.2) is 0 Å². The summed E-state index contributed by atoms with van der Waals surface area (Å²) in [7, 11) is 0. The van der Waals surface area contributed by atoms with Crippen molar-refractivity contribution < 1.29 is 0 Å². The van der Waals surface area contributed by atoms with Crippen LogP contribution in [0.3, 0.4) is 0 Å². The number of benzene rings is 10. The molecule has 0 bridgehead atoms. The van der Waals surface area contributed by atoms with Crippen LogP contribution in [0.4, 0.5) is 17.1 Å². The Morgan fingerprint density at radius 3 is 1.60 bits per heavy atom. The summed E-state index contributed by atoms with van der Waals surface area (Å²) >= 11 is 0. The molecule has 10 aromatic carbocycles. The highest BCUT2D eigenvalue weighted by molar-refractivity contribution is 6.15. The molecular formula is C59H43N. The van der Waals surface area contributed by atoms with E-state index in [1.165, 1.54) is 88.3 Å². The monoisotopic (exact) mass is 765 g/mol. The molecule has 0 atom stereocenters. The zero-order valence-electron chi connectivity index (χ0n) is 33.8. The Morgan fingerprint density at radius 2 is 0.833 bits per heavy atom. The largest absolute Gasteiger partial charge is 0.309 e. The molecule has 0 aliphatic heterocycles. The van der Waals surface area contributed by atoms with Crippen LogP contribution >= 0.6 is 0 Å². The van der Waals surface area contributed by atoms with E-state index in [1.807, 2.05) is 0 Å². The van der Waals surface area contributed by atoms with Crippen LogP contribution in [0.2, 0.25) is 0 Å². The molecule has 1 aliphatic carbocycles. The summed E-state index contributed by atoms with van der Waals surface area (Å²) in [5.74, 6) is 0. The van der Waals surface area contributed by atoms with Gasteiger partial charge in [0.25, 0.3) is 0 Å². The normalized spacial score (nSPS) is 12.6. The fourth-order valence-corrected chi connectivity index (χ4v) is 9.87. The first kappa shape index (κ1) is 35.7. The van der Waals surface area contributed by atoms with Gasteiger partial charge in [0.2, 0.25) is 0 Å². The van der Waals surface area contributed by atoms with E-state index >= 15 is 0 Å². The molecule has 10 aromatic rings. The summed E-state index contributed by atoms with van der Waals surface area (Å²) in [4.78, 5) is 2.53. The van der Waals surface area contributed by atoms with Crippen molar-refractivity contribution in [3.63, 3.8) is 0 Å². The topological polar surface area (TPSA) is 3.24 Å². The average molecular weight is 766 g/mol. The van der Waals surface area contributed by atoms with Crippen molar-refractivity contribution in [1.29, 1.82) is 0 Å². The first-order valence-corrected chi connectivity index (χ1v) is 20.9. The Morgan fingerprint density at radius 1 is 0.317 bits per heavy atom. The number of hydrogen-bond donors (Lipinski definition) is 0. The summed E-state index contributed by atoms with van der Waals surface area (Å²) in [5, 5.41) is 4.89. The Bertz CT molecular complexity index is 3230. The summed E-state index contributed by atoms with van der Waals surface area (Å²) in [6.45, 7) is 4.72. The van der Waals surface area contributed by atoms with Gasteiger partial charge >= 0.3 is 0 Å². The molecular weight excluding hydrogens is 723 g/mol. The molecule has 11 rings (SSSR count). The summed E-state index contributed by atoms with van der Waals surface area (Å²) < 4.78 is 0. The lowest BCUT2D eigenvalue weighted by Gasteiger charge is -2.31. The number of fused-ring (bicyclic) bond motifs is 6. The molecule has 0 saturated heterocycles. The van der Waals surface area contributed by atoms with Crippen molar-refractivity contribution in [2.45, 2.75) is 19.3 Å². The van der Waals surface area contributed by atoms with Crippen molar-refractivity contribution in [2.24, 2.45) is 0 Å².